The van der Waals surface area contributed by atoms with Gasteiger partial charge in [0.1, 0.15) is 22.9 Å². The van der Waals surface area contributed by atoms with E-state index in [4.69, 9.17) is 15.2 Å². The Kier molecular flexibility index (Phi) is 8.39. The molecule has 40 heavy (non-hydrogen) atoms. The maximum Gasteiger partial charge on any atom is 0.281 e. The molecule has 1 amide bonds. The van der Waals surface area contributed by atoms with E-state index < -0.39 is 15.9 Å². The molecule has 2 aromatic carbocycles. The van der Waals surface area contributed by atoms with Gasteiger partial charge >= 0.3 is 0 Å². The van der Waals surface area contributed by atoms with Crippen molar-refractivity contribution < 1.29 is 22.7 Å². The number of ether oxygens (including phenoxy) is 2. The largest absolute Gasteiger partial charge is 0.493 e. The van der Waals surface area contributed by atoms with Crippen molar-refractivity contribution >= 4 is 21.7 Å². The average molecular weight is 561 g/mol. The first-order chi connectivity index (χ1) is 18.9. The molecule has 208 valence electrons. The van der Waals surface area contributed by atoms with Crippen molar-refractivity contribution in [3.8, 4) is 28.6 Å². The topological polar surface area (TPSA) is 134 Å². The van der Waals surface area contributed by atoms with Crippen molar-refractivity contribution in [2.45, 2.75) is 39.6 Å². The lowest BCUT2D eigenvalue weighted by atomic mass is 10.1. The zero-order valence-corrected chi connectivity index (χ0v) is 23.9. The summed E-state index contributed by atoms with van der Waals surface area (Å²) in [6.45, 7) is 10.5. The van der Waals surface area contributed by atoms with Gasteiger partial charge in [0.25, 0.3) is 15.9 Å². The highest BCUT2D eigenvalue weighted by molar-refractivity contribution is 7.90. The van der Waals surface area contributed by atoms with Crippen molar-refractivity contribution in [3.63, 3.8) is 0 Å². The highest BCUT2D eigenvalue weighted by Crippen LogP contribution is 2.33. The van der Waals surface area contributed by atoms with Gasteiger partial charge in [-0.2, -0.15) is 8.42 Å². The predicted molar refractivity (Wildman–Crippen MR) is 154 cm³/mol. The molecule has 0 aliphatic carbocycles. The second-order valence-corrected chi connectivity index (χ2v) is 11.6. The molecule has 0 saturated carbocycles. The van der Waals surface area contributed by atoms with Gasteiger partial charge in [-0.3, -0.25) is 4.79 Å². The Hall–Kier alpha value is -4.44. The number of carbonyl (C=O) groups is 1. The normalized spacial score (nSPS) is 11.3. The number of aromatic nitrogens is 2. The summed E-state index contributed by atoms with van der Waals surface area (Å²) in [7, 11) is -4.31. The number of nitrogens with zero attached hydrogens (tertiary/aromatic N) is 2. The molecular weight excluding hydrogens is 528 g/mol. The lowest BCUT2D eigenvalue weighted by Gasteiger charge is -2.16. The lowest BCUT2D eigenvalue weighted by molar-refractivity contribution is 0.0978. The zero-order chi connectivity index (χ0) is 29.0. The van der Waals surface area contributed by atoms with Crippen LogP contribution >= 0.6 is 0 Å². The molecule has 4 aromatic rings. The third-order valence-electron chi connectivity index (χ3n) is 5.89. The molecule has 10 heteroatoms. The first-order valence-corrected chi connectivity index (χ1v) is 14.2. The Labute approximate surface area is 234 Å². The number of pyridine rings is 2. The molecule has 2 aromatic heterocycles. The van der Waals surface area contributed by atoms with Crippen LogP contribution in [0.15, 0.2) is 71.8 Å². The first-order valence-electron chi connectivity index (χ1n) is 12.7. The van der Waals surface area contributed by atoms with Crippen LogP contribution in [0.4, 0.5) is 5.82 Å². The number of anilines is 1. The molecular formula is C30H32N4O5S. The fourth-order valence-corrected chi connectivity index (χ4v) is 5.01. The average Bonchev–Trinajstić information content (AvgIpc) is 2.89. The SMILES string of the molecule is Cc1cc(C)c(Oc2nc(-c3ccc(OCC(C)C)cc3)ccc2C(=O)NS(=O)(=O)c2cccc(N)n2)c(C)c1. The molecule has 0 unspecified atom stereocenters. The Morgan fingerprint density at radius 3 is 2.25 bits per heavy atom. The lowest BCUT2D eigenvalue weighted by Crippen LogP contribution is -2.31. The summed E-state index contributed by atoms with van der Waals surface area (Å²) >= 11 is 0. The van der Waals surface area contributed by atoms with Gasteiger partial charge in [0.15, 0.2) is 5.03 Å². The van der Waals surface area contributed by atoms with Crippen molar-refractivity contribution in [1.29, 1.82) is 0 Å². The zero-order valence-electron chi connectivity index (χ0n) is 23.1. The Bertz CT molecular complexity index is 1630. The third-order valence-corrected chi connectivity index (χ3v) is 7.12. The summed E-state index contributed by atoms with van der Waals surface area (Å²) in [5.41, 5.74) is 9.62. The third kappa shape index (κ3) is 6.76. The highest BCUT2D eigenvalue weighted by atomic mass is 32.2. The fraction of sp³-hybridized carbons (Fsp3) is 0.233. The molecule has 0 aliphatic heterocycles. The predicted octanol–water partition coefficient (Wildman–Crippen LogP) is 5.60. The van der Waals surface area contributed by atoms with Crippen LogP contribution < -0.4 is 19.9 Å². The molecule has 0 radical (unpaired) electrons. The van der Waals surface area contributed by atoms with E-state index in [1.807, 2.05) is 61.9 Å². The van der Waals surface area contributed by atoms with Crippen LogP contribution in [0.2, 0.25) is 0 Å². The van der Waals surface area contributed by atoms with Gasteiger partial charge < -0.3 is 15.2 Å². The summed E-state index contributed by atoms with van der Waals surface area (Å²) < 4.78 is 39.8. The monoisotopic (exact) mass is 560 g/mol. The summed E-state index contributed by atoms with van der Waals surface area (Å²) in [6.07, 6.45) is 0. The number of nitrogens with one attached hydrogen (secondary N) is 1. The number of carbonyl (C=O) groups excluding carboxylic acids is 1. The Morgan fingerprint density at radius 2 is 1.62 bits per heavy atom. The highest BCUT2D eigenvalue weighted by Gasteiger charge is 2.25. The quantitative estimate of drug-likeness (QED) is 0.270. The van der Waals surface area contributed by atoms with Crippen LogP contribution in [0.3, 0.4) is 0 Å². The van der Waals surface area contributed by atoms with Gasteiger partial charge in [0, 0.05) is 5.56 Å². The van der Waals surface area contributed by atoms with E-state index in [2.05, 4.69) is 23.8 Å². The summed E-state index contributed by atoms with van der Waals surface area (Å²) in [4.78, 5) is 21.7. The van der Waals surface area contributed by atoms with E-state index in [1.165, 1.54) is 24.3 Å². The number of amides is 1. The van der Waals surface area contributed by atoms with Crippen molar-refractivity contribution in [1.82, 2.24) is 14.7 Å². The molecule has 2 heterocycles. The smallest absolute Gasteiger partial charge is 0.281 e. The number of benzene rings is 2. The van der Waals surface area contributed by atoms with Crippen molar-refractivity contribution in [2.75, 3.05) is 12.3 Å². The molecule has 3 N–H and O–H groups in total. The standard InChI is InChI=1S/C30H32N4O5S/c1-18(2)17-38-23-11-9-22(10-12-23)25-14-13-24(29(35)34-40(36,37)27-8-6-7-26(31)33-27)30(32-25)39-28-20(4)15-19(3)16-21(28)5/h6-16,18H,17H2,1-5H3,(H2,31,33)(H,34,35). The van der Waals surface area contributed by atoms with E-state index in [0.717, 1.165) is 28.0 Å². The van der Waals surface area contributed by atoms with Crippen molar-refractivity contribution in [2.24, 2.45) is 5.92 Å². The first kappa shape index (κ1) is 28.6. The van der Waals surface area contributed by atoms with E-state index >= 15 is 0 Å². The minimum atomic E-state index is -4.31. The summed E-state index contributed by atoms with van der Waals surface area (Å²) in [5.74, 6) is 0.709. The molecule has 0 bridgehead atoms. The minimum absolute atomic E-state index is 0.0105. The molecule has 0 saturated heterocycles. The van der Waals surface area contributed by atoms with Gasteiger partial charge in [0.2, 0.25) is 5.88 Å². The van der Waals surface area contributed by atoms with Crippen molar-refractivity contribution in [3.05, 3.63) is 89.0 Å². The molecule has 0 fully saturated rings. The van der Waals surface area contributed by atoms with Gasteiger partial charge in [0.05, 0.1) is 12.3 Å². The maximum absolute atomic E-state index is 13.3. The number of nitrogen functional groups attached to an aromatic ring is 1. The fourth-order valence-electron chi connectivity index (χ4n) is 4.07. The molecule has 0 atom stereocenters. The van der Waals surface area contributed by atoms with E-state index in [9.17, 15) is 13.2 Å². The van der Waals surface area contributed by atoms with Gasteiger partial charge in [-0.1, -0.05) is 37.6 Å². The van der Waals surface area contributed by atoms with E-state index in [-0.39, 0.29) is 22.3 Å². The van der Waals surface area contributed by atoms with Crippen LogP contribution in [0, 0.1) is 26.7 Å². The number of sulfonamides is 1. The van der Waals surface area contributed by atoms with Crippen LogP contribution in [0.1, 0.15) is 40.9 Å². The van der Waals surface area contributed by atoms with Crippen LogP contribution in [-0.4, -0.2) is 30.9 Å². The summed E-state index contributed by atoms with van der Waals surface area (Å²) in [5, 5.41) is -0.377. The summed E-state index contributed by atoms with van der Waals surface area (Å²) in [6, 6.07) is 18.6. The van der Waals surface area contributed by atoms with Gasteiger partial charge in [-0.05, 0) is 86.3 Å². The van der Waals surface area contributed by atoms with E-state index in [1.54, 1.807) is 6.07 Å². The van der Waals surface area contributed by atoms with Crippen LogP contribution in [0.5, 0.6) is 17.4 Å². The molecule has 0 aliphatic rings. The number of hydrogen-bond donors (Lipinski definition) is 2. The Balaban J connectivity index is 1.72. The number of hydrogen-bond acceptors (Lipinski definition) is 8. The number of aryl methyl sites for hydroxylation is 3. The number of rotatable bonds is 9. The minimum Gasteiger partial charge on any atom is -0.493 e. The van der Waals surface area contributed by atoms with E-state index in [0.29, 0.717) is 24.0 Å². The molecule has 0 spiro atoms. The van der Waals surface area contributed by atoms with Gasteiger partial charge in [-0.15, -0.1) is 0 Å². The second-order valence-electron chi connectivity index (χ2n) is 9.94. The van der Waals surface area contributed by atoms with Crippen LogP contribution in [0.25, 0.3) is 11.3 Å². The van der Waals surface area contributed by atoms with Crippen LogP contribution in [-0.2, 0) is 10.0 Å². The molecule has 9 nitrogen and oxygen atoms in total. The molecule has 4 rings (SSSR count). The Morgan fingerprint density at radius 1 is 0.950 bits per heavy atom. The number of nitrogens with two attached hydrogens (primary N) is 1. The second kappa shape index (κ2) is 11.7. The maximum atomic E-state index is 13.3. The van der Waals surface area contributed by atoms with Gasteiger partial charge in [-0.25, -0.2) is 14.7 Å².